The summed E-state index contributed by atoms with van der Waals surface area (Å²) < 4.78 is 5.88. The highest BCUT2D eigenvalue weighted by molar-refractivity contribution is 5.85. The van der Waals surface area contributed by atoms with Crippen molar-refractivity contribution in [1.82, 2.24) is 4.90 Å². The first-order valence-electron chi connectivity index (χ1n) is 6.49. The first-order valence-corrected chi connectivity index (χ1v) is 6.49. The lowest BCUT2D eigenvalue weighted by Crippen LogP contribution is -2.42. The number of hydrogen-bond donors (Lipinski definition) is 1. The highest BCUT2D eigenvalue weighted by Gasteiger charge is 2.23. The Hall–Kier alpha value is -1.26. The predicted octanol–water partition coefficient (Wildman–Crippen LogP) is 1.83. The number of para-hydroxylation sites is 1. The molecule has 1 amide bonds. The van der Waals surface area contributed by atoms with Crippen LogP contribution in [0.5, 0.6) is 5.75 Å². The molecule has 1 heterocycles. The van der Waals surface area contributed by atoms with Crippen LogP contribution in [0.4, 0.5) is 0 Å². The zero-order valence-corrected chi connectivity index (χ0v) is 11.8. The third-order valence-electron chi connectivity index (χ3n) is 3.20. The lowest BCUT2D eigenvalue weighted by atomic mass is 10.1. The van der Waals surface area contributed by atoms with Gasteiger partial charge in [0.15, 0.2) is 0 Å². The Morgan fingerprint density at radius 1 is 1.26 bits per heavy atom. The summed E-state index contributed by atoms with van der Waals surface area (Å²) in [5, 5.41) is 0. The Morgan fingerprint density at radius 3 is 2.47 bits per heavy atom. The monoisotopic (exact) mass is 284 g/mol. The van der Waals surface area contributed by atoms with Gasteiger partial charge >= 0.3 is 0 Å². The van der Waals surface area contributed by atoms with E-state index >= 15 is 0 Å². The minimum atomic E-state index is 0. The Labute approximate surface area is 120 Å². The van der Waals surface area contributed by atoms with E-state index in [9.17, 15) is 4.79 Å². The Balaban J connectivity index is 0.00000180. The van der Waals surface area contributed by atoms with Crippen molar-refractivity contribution < 1.29 is 9.53 Å². The van der Waals surface area contributed by atoms with E-state index in [1.807, 2.05) is 35.2 Å². The predicted molar refractivity (Wildman–Crippen MR) is 77.6 cm³/mol. The van der Waals surface area contributed by atoms with Gasteiger partial charge in [-0.05, 0) is 12.1 Å². The van der Waals surface area contributed by atoms with Crippen LogP contribution in [0.1, 0.15) is 19.3 Å². The molecule has 1 aliphatic rings. The van der Waals surface area contributed by atoms with Crippen LogP contribution in [0.25, 0.3) is 0 Å². The van der Waals surface area contributed by atoms with Crippen LogP contribution in [0.2, 0.25) is 0 Å². The maximum Gasteiger partial charge on any atom is 0.223 e. The second-order valence-electron chi connectivity index (χ2n) is 4.55. The molecule has 1 saturated heterocycles. The topological polar surface area (TPSA) is 55.6 Å². The summed E-state index contributed by atoms with van der Waals surface area (Å²) in [6.45, 7) is 1.98. The molecule has 0 aromatic heterocycles. The Kier molecular flexibility index (Phi) is 6.67. The van der Waals surface area contributed by atoms with E-state index in [1.165, 1.54) is 0 Å². The molecule has 1 aromatic rings. The number of halogens is 1. The van der Waals surface area contributed by atoms with Gasteiger partial charge in [-0.1, -0.05) is 18.2 Å². The van der Waals surface area contributed by atoms with Crippen LogP contribution < -0.4 is 10.5 Å². The summed E-state index contributed by atoms with van der Waals surface area (Å²) >= 11 is 0. The van der Waals surface area contributed by atoms with Crippen molar-refractivity contribution in [2.24, 2.45) is 5.73 Å². The number of piperidine rings is 1. The van der Waals surface area contributed by atoms with Crippen LogP contribution in [0.3, 0.4) is 0 Å². The molecule has 1 aliphatic heterocycles. The summed E-state index contributed by atoms with van der Waals surface area (Å²) in [6, 6.07) is 9.84. The third kappa shape index (κ3) is 4.73. The summed E-state index contributed by atoms with van der Waals surface area (Å²) in [4.78, 5) is 13.6. The number of hydrogen-bond acceptors (Lipinski definition) is 3. The zero-order valence-electron chi connectivity index (χ0n) is 11.0. The third-order valence-corrected chi connectivity index (χ3v) is 3.20. The lowest BCUT2D eigenvalue weighted by Gasteiger charge is -2.32. The van der Waals surface area contributed by atoms with Crippen molar-refractivity contribution >= 4 is 18.3 Å². The molecule has 0 unspecified atom stereocenters. The second kappa shape index (κ2) is 8.02. The van der Waals surface area contributed by atoms with E-state index in [0.29, 0.717) is 13.0 Å². The van der Waals surface area contributed by atoms with E-state index < -0.39 is 0 Å². The van der Waals surface area contributed by atoms with Gasteiger partial charge in [0.25, 0.3) is 0 Å². The van der Waals surface area contributed by atoms with Crippen LogP contribution in [-0.2, 0) is 4.79 Å². The first kappa shape index (κ1) is 15.8. The molecule has 5 heteroatoms. The Morgan fingerprint density at radius 2 is 1.89 bits per heavy atom. The van der Waals surface area contributed by atoms with Gasteiger partial charge in [-0.3, -0.25) is 4.79 Å². The molecule has 2 rings (SSSR count). The van der Waals surface area contributed by atoms with Gasteiger partial charge in [0, 0.05) is 38.9 Å². The standard InChI is InChI=1S/C14H20N2O2.ClH/c15-9-6-14(17)16-10-7-13(8-11-16)18-12-4-2-1-3-5-12;/h1-5,13H,6-11,15H2;1H. The molecule has 1 fully saturated rings. The molecular weight excluding hydrogens is 264 g/mol. The first-order chi connectivity index (χ1) is 8.79. The molecule has 19 heavy (non-hydrogen) atoms. The second-order valence-corrected chi connectivity index (χ2v) is 4.55. The van der Waals surface area contributed by atoms with Crippen molar-refractivity contribution in [2.75, 3.05) is 19.6 Å². The normalized spacial score (nSPS) is 15.7. The van der Waals surface area contributed by atoms with E-state index in [4.69, 9.17) is 10.5 Å². The molecule has 0 bridgehead atoms. The van der Waals surface area contributed by atoms with Crippen LogP contribution in [0, 0.1) is 0 Å². The molecule has 106 valence electrons. The van der Waals surface area contributed by atoms with Crippen LogP contribution in [-0.4, -0.2) is 36.5 Å². The van der Waals surface area contributed by atoms with Gasteiger partial charge in [-0.2, -0.15) is 0 Å². The van der Waals surface area contributed by atoms with E-state index in [2.05, 4.69) is 0 Å². The summed E-state index contributed by atoms with van der Waals surface area (Å²) in [5.41, 5.74) is 5.39. The van der Waals surface area contributed by atoms with Crippen molar-refractivity contribution in [3.8, 4) is 5.75 Å². The summed E-state index contributed by atoms with van der Waals surface area (Å²) in [7, 11) is 0. The summed E-state index contributed by atoms with van der Waals surface area (Å²) in [6.07, 6.45) is 2.45. The van der Waals surface area contributed by atoms with E-state index in [-0.39, 0.29) is 24.4 Å². The maximum absolute atomic E-state index is 11.7. The molecule has 0 radical (unpaired) electrons. The van der Waals surface area contributed by atoms with Crippen molar-refractivity contribution in [3.63, 3.8) is 0 Å². The van der Waals surface area contributed by atoms with Gasteiger partial charge in [-0.15, -0.1) is 12.4 Å². The van der Waals surface area contributed by atoms with Gasteiger partial charge in [0.1, 0.15) is 11.9 Å². The fourth-order valence-corrected chi connectivity index (χ4v) is 2.20. The highest BCUT2D eigenvalue weighted by Crippen LogP contribution is 2.18. The minimum Gasteiger partial charge on any atom is -0.490 e. The molecular formula is C14H21ClN2O2. The Bertz CT molecular complexity index is 378. The largest absolute Gasteiger partial charge is 0.490 e. The molecule has 0 atom stereocenters. The van der Waals surface area contributed by atoms with Crippen LogP contribution in [0.15, 0.2) is 30.3 Å². The molecule has 0 saturated carbocycles. The summed E-state index contributed by atoms with van der Waals surface area (Å²) in [5.74, 6) is 1.07. The van der Waals surface area contributed by atoms with Gasteiger partial charge in [-0.25, -0.2) is 0 Å². The number of amides is 1. The fraction of sp³-hybridized carbons (Fsp3) is 0.500. The average Bonchev–Trinajstić information content (AvgIpc) is 2.41. The van der Waals surface area contributed by atoms with E-state index in [1.54, 1.807) is 0 Å². The lowest BCUT2D eigenvalue weighted by molar-refractivity contribution is -0.132. The maximum atomic E-state index is 11.7. The average molecular weight is 285 g/mol. The van der Waals surface area contributed by atoms with Gasteiger partial charge in [0.2, 0.25) is 5.91 Å². The number of nitrogens with two attached hydrogens (primary N) is 1. The molecule has 1 aromatic carbocycles. The zero-order chi connectivity index (χ0) is 12.8. The molecule has 2 N–H and O–H groups in total. The highest BCUT2D eigenvalue weighted by atomic mass is 35.5. The van der Waals surface area contributed by atoms with Crippen LogP contribution >= 0.6 is 12.4 Å². The van der Waals surface area contributed by atoms with E-state index in [0.717, 1.165) is 31.7 Å². The number of carbonyl (C=O) groups is 1. The number of likely N-dealkylation sites (tertiary alicyclic amines) is 1. The quantitative estimate of drug-likeness (QED) is 0.918. The smallest absolute Gasteiger partial charge is 0.223 e. The van der Waals surface area contributed by atoms with Crippen molar-refractivity contribution in [1.29, 1.82) is 0 Å². The SMILES string of the molecule is Cl.NCCC(=O)N1CCC(Oc2ccccc2)CC1. The van der Waals surface area contributed by atoms with Gasteiger partial charge in [0.05, 0.1) is 0 Å². The van der Waals surface area contributed by atoms with Crippen molar-refractivity contribution in [3.05, 3.63) is 30.3 Å². The molecule has 0 aliphatic carbocycles. The number of rotatable bonds is 4. The number of nitrogens with zero attached hydrogens (tertiary/aromatic N) is 1. The fourth-order valence-electron chi connectivity index (χ4n) is 2.20. The molecule has 4 nitrogen and oxygen atoms in total. The minimum absolute atomic E-state index is 0. The van der Waals surface area contributed by atoms with Gasteiger partial charge < -0.3 is 15.4 Å². The van der Waals surface area contributed by atoms with Crippen molar-refractivity contribution in [2.45, 2.75) is 25.4 Å². The molecule has 0 spiro atoms. The number of benzene rings is 1. The number of carbonyl (C=O) groups excluding carboxylic acids is 1. The number of ether oxygens (including phenoxy) is 1.